The van der Waals surface area contributed by atoms with Crippen LogP contribution in [0.5, 0.6) is 0 Å². The van der Waals surface area contributed by atoms with E-state index in [1.54, 1.807) is 24.3 Å². The fourth-order valence-corrected chi connectivity index (χ4v) is 3.72. The predicted octanol–water partition coefficient (Wildman–Crippen LogP) is 3.28. The van der Waals surface area contributed by atoms with Gasteiger partial charge in [-0.05, 0) is 30.3 Å². The monoisotopic (exact) mass is 464 g/mol. The average Bonchev–Trinajstić information content (AvgIpc) is 2.73. The fraction of sp³-hybridized carbons (Fsp3) is 0.238. The Bertz CT molecular complexity index is 1210. The topological polar surface area (TPSA) is 93.1 Å². The molecular formula is C21H19F3N4O3S. The Balaban J connectivity index is 1.78. The van der Waals surface area contributed by atoms with Gasteiger partial charge < -0.3 is 10.6 Å². The van der Waals surface area contributed by atoms with Crippen molar-refractivity contribution in [2.45, 2.75) is 24.8 Å². The van der Waals surface area contributed by atoms with E-state index < -0.39 is 17.6 Å². The Labute approximate surface area is 185 Å². The third kappa shape index (κ3) is 5.88. The van der Waals surface area contributed by atoms with Gasteiger partial charge in [0.15, 0.2) is 5.16 Å². The van der Waals surface area contributed by atoms with Crippen LogP contribution in [0.15, 0.2) is 58.5 Å². The largest absolute Gasteiger partial charge is 0.416 e. The smallest absolute Gasteiger partial charge is 0.355 e. The van der Waals surface area contributed by atoms with Crippen molar-refractivity contribution >= 4 is 40.2 Å². The van der Waals surface area contributed by atoms with Gasteiger partial charge in [-0.25, -0.2) is 4.98 Å². The standard InChI is InChI=1S/C21H19F3N4O3S/c1-13(29)25-9-10-28-19(31)16-7-2-3-8-17(16)27-20(28)32-12-18(30)26-15-6-4-5-14(11-15)21(22,23)24/h2-8,11H,9-10,12H2,1H3,(H,25,29)(H,26,30). The molecule has 0 aliphatic rings. The Morgan fingerprint density at radius 2 is 1.88 bits per heavy atom. The molecule has 3 aromatic rings. The Morgan fingerprint density at radius 3 is 2.59 bits per heavy atom. The van der Waals surface area contributed by atoms with Crippen molar-refractivity contribution in [2.24, 2.45) is 0 Å². The van der Waals surface area contributed by atoms with E-state index in [2.05, 4.69) is 15.6 Å². The van der Waals surface area contributed by atoms with Crippen LogP contribution >= 0.6 is 11.8 Å². The van der Waals surface area contributed by atoms with Gasteiger partial charge >= 0.3 is 6.18 Å². The molecule has 3 rings (SSSR count). The van der Waals surface area contributed by atoms with E-state index in [1.165, 1.54) is 23.6 Å². The molecule has 0 atom stereocenters. The number of amides is 2. The molecule has 0 aliphatic heterocycles. The lowest BCUT2D eigenvalue weighted by Gasteiger charge is -2.13. The third-order valence-electron chi connectivity index (χ3n) is 4.34. The van der Waals surface area contributed by atoms with Gasteiger partial charge in [-0.1, -0.05) is 30.0 Å². The molecule has 0 unspecified atom stereocenters. The van der Waals surface area contributed by atoms with Crippen molar-refractivity contribution < 1.29 is 22.8 Å². The molecular weight excluding hydrogens is 445 g/mol. The molecule has 32 heavy (non-hydrogen) atoms. The summed E-state index contributed by atoms with van der Waals surface area (Å²) in [6.45, 7) is 1.70. The Morgan fingerprint density at radius 1 is 1.12 bits per heavy atom. The fourth-order valence-electron chi connectivity index (χ4n) is 2.90. The van der Waals surface area contributed by atoms with Gasteiger partial charge in [-0.15, -0.1) is 0 Å². The molecule has 1 heterocycles. The summed E-state index contributed by atoms with van der Waals surface area (Å²) >= 11 is 0.977. The highest BCUT2D eigenvalue weighted by Gasteiger charge is 2.30. The highest BCUT2D eigenvalue weighted by Crippen LogP contribution is 2.30. The molecule has 0 saturated heterocycles. The number of carbonyl (C=O) groups excluding carboxylic acids is 2. The molecule has 7 nitrogen and oxygen atoms in total. The lowest BCUT2D eigenvalue weighted by molar-refractivity contribution is -0.137. The number of rotatable bonds is 7. The number of anilines is 1. The molecule has 11 heteroatoms. The molecule has 2 amide bonds. The number of fused-ring (bicyclic) bond motifs is 1. The van der Waals surface area contributed by atoms with Gasteiger partial charge in [0.05, 0.1) is 22.2 Å². The first-order chi connectivity index (χ1) is 15.1. The van der Waals surface area contributed by atoms with E-state index in [0.717, 1.165) is 23.9 Å². The number of para-hydroxylation sites is 1. The van der Waals surface area contributed by atoms with Gasteiger partial charge in [-0.2, -0.15) is 13.2 Å². The van der Waals surface area contributed by atoms with Crippen molar-refractivity contribution in [2.75, 3.05) is 17.6 Å². The average molecular weight is 464 g/mol. The number of aromatic nitrogens is 2. The zero-order valence-electron chi connectivity index (χ0n) is 16.9. The maximum absolute atomic E-state index is 12.9. The maximum atomic E-state index is 12.9. The predicted molar refractivity (Wildman–Crippen MR) is 115 cm³/mol. The van der Waals surface area contributed by atoms with Crippen LogP contribution in [0.3, 0.4) is 0 Å². The Hall–Kier alpha value is -3.34. The second-order valence-corrected chi connectivity index (χ2v) is 7.71. The van der Waals surface area contributed by atoms with Gasteiger partial charge in [0.25, 0.3) is 5.56 Å². The van der Waals surface area contributed by atoms with E-state index in [9.17, 15) is 27.6 Å². The van der Waals surface area contributed by atoms with E-state index in [-0.39, 0.29) is 41.2 Å². The summed E-state index contributed by atoms with van der Waals surface area (Å²) < 4.78 is 39.9. The van der Waals surface area contributed by atoms with E-state index in [0.29, 0.717) is 10.9 Å². The molecule has 0 bridgehead atoms. The number of alkyl halides is 3. The second kappa shape index (κ2) is 9.86. The normalized spacial score (nSPS) is 11.4. The summed E-state index contributed by atoms with van der Waals surface area (Å²) in [7, 11) is 0. The lowest BCUT2D eigenvalue weighted by atomic mass is 10.2. The molecule has 0 fully saturated rings. The molecule has 168 valence electrons. The maximum Gasteiger partial charge on any atom is 0.416 e. The second-order valence-electron chi connectivity index (χ2n) is 6.77. The molecule has 0 saturated carbocycles. The minimum atomic E-state index is -4.52. The summed E-state index contributed by atoms with van der Waals surface area (Å²) in [4.78, 5) is 40.8. The van der Waals surface area contributed by atoms with Crippen molar-refractivity contribution in [1.82, 2.24) is 14.9 Å². The van der Waals surface area contributed by atoms with Crippen LogP contribution in [0.25, 0.3) is 10.9 Å². The minimum absolute atomic E-state index is 0.0138. The van der Waals surface area contributed by atoms with E-state index >= 15 is 0 Å². The molecule has 0 aliphatic carbocycles. The van der Waals surface area contributed by atoms with Crippen LogP contribution in [0, 0.1) is 0 Å². The number of benzene rings is 2. The highest BCUT2D eigenvalue weighted by atomic mass is 32.2. The van der Waals surface area contributed by atoms with Gasteiger partial charge in [0.2, 0.25) is 11.8 Å². The number of nitrogens with one attached hydrogen (secondary N) is 2. The zero-order chi connectivity index (χ0) is 23.3. The Kier molecular flexibility index (Phi) is 7.18. The summed E-state index contributed by atoms with van der Waals surface area (Å²) in [6.07, 6.45) is -4.52. The third-order valence-corrected chi connectivity index (χ3v) is 5.32. The van der Waals surface area contributed by atoms with Gasteiger partial charge in [0.1, 0.15) is 0 Å². The van der Waals surface area contributed by atoms with Crippen LogP contribution in [-0.2, 0) is 22.3 Å². The number of thioether (sulfide) groups is 1. The van der Waals surface area contributed by atoms with Crippen LogP contribution in [0.2, 0.25) is 0 Å². The quantitative estimate of drug-likeness (QED) is 0.414. The number of nitrogens with zero attached hydrogens (tertiary/aromatic N) is 2. The summed E-state index contributed by atoms with van der Waals surface area (Å²) in [5.74, 6) is -0.979. The van der Waals surface area contributed by atoms with Crippen LogP contribution < -0.4 is 16.2 Å². The first kappa shape index (κ1) is 23.3. The summed E-state index contributed by atoms with van der Waals surface area (Å²) in [5, 5.41) is 5.69. The number of hydrogen-bond acceptors (Lipinski definition) is 5. The molecule has 0 spiro atoms. The molecule has 2 aromatic carbocycles. The first-order valence-corrected chi connectivity index (χ1v) is 10.5. The number of carbonyl (C=O) groups is 2. The number of halogens is 3. The van der Waals surface area contributed by atoms with E-state index in [1.807, 2.05) is 0 Å². The van der Waals surface area contributed by atoms with Gasteiger partial charge in [0, 0.05) is 25.7 Å². The van der Waals surface area contributed by atoms with Crippen LogP contribution in [-0.4, -0.2) is 33.7 Å². The zero-order valence-corrected chi connectivity index (χ0v) is 17.7. The summed E-state index contributed by atoms with van der Waals surface area (Å²) in [6, 6.07) is 11.1. The van der Waals surface area contributed by atoms with Crippen molar-refractivity contribution in [3.8, 4) is 0 Å². The van der Waals surface area contributed by atoms with Crippen molar-refractivity contribution in [1.29, 1.82) is 0 Å². The van der Waals surface area contributed by atoms with Gasteiger partial charge in [-0.3, -0.25) is 19.0 Å². The highest BCUT2D eigenvalue weighted by molar-refractivity contribution is 7.99. The van der Waals surface area contributed by atoms with Crippen LogP contribution in [0.1, 0.15) is 12.5 Å². The van der Waals surface area contributed by atoms with Crippen LogP contribution in [0.4, 0.5) is 18.9 Å². The summed E-state index contributed by atoms with van der Waals surface area (Å²) in [5.41, 5.74) is -0.721. The lowest BCUT2D eigenvalue weighted by Crippen LogP contribution is -2.31. The first-order valence-electron chi connectivity index (χ1n) is 9.49. The minimum Gasteiger partial charge on any atom is -0.355 e. The number of hydrogen-bond donors (Lipinski definition) is 2. The molecule has 1 aromatic heterocycles. The molecule has 0 radical (unpaired) electrons. The SMILES string of the molecule is CC(=O)NCCn1c(SCC(=O)Nc2cccc(C(F)(F)F)c2)nc2ccccc2c1=O. The van der Waals surface area contributed by atoms with Crippen molar-refractivity contribution in [3.63, 3.8) is 0 Å². The van der Waals surface area contributed by atoms with E-state index in [4.69, 9.17) is 0 Å². The van der Waals surface area contributed by atoms with Crippen molar-refractivity contribution in [3.05, 3.63) is 64.4 Å². The molecule has 2 N–H and O–H groups in total.